The molecule has 4 nitrogen and oxygen atoms in total. The molecule has 3 aromatic rings. The normalized spacial score (nSPS) is 10.7. The molecule has 8 heteroatoms. The van der Waals surface area contributed by atoms with Crippen LogP contribution >= 0.6 is 46.1 Å². The second-order valence-electron chi connectivity index (χ2n) is 5.89. The summed E-state index contributed by atoms with van der Waals surface area (Å²) in [6.07, 6.45) is 0.460. The van der Waals surface area contributed by atoms with E-state index in [9.17, 15) is 9.90 Å². The van der Waals surface area contributed by atoms with Crippen molar-refractivity contribution in [2.75, 3.05) is 13.7 Å². The van der Waals surface area contributed by atoms with E-state index in [1.54, 1.807) is 24.3 Å². The first-order valence-electron chi connectivity index (χ1n) is 8.11. The van der Waals surface area contributed by atoms with Gasteiger partial charge in [-0.15, -0.1) is 11.3 Å². The second-order valence-corrected chi connectivity index (χ2v) is 8.05. The number of hydrogen-bond acceptors (Lipinski definition) is 5. The number of methoxy groups -OCH3 is 1. The molecule has 3 rings (SSSR count). The molecule has 0 atom stereocenters. The quantitative estimate of drug-likeness (QED) is 0.446. The molecule has 1 heterocycles. The number of thiophene rings is 1. The van der Waals surface area contributed by atoms with Crippen molar-refractivity contribution in [3.63, 3.8) is 0 Å². The fourth-order valence-electron chi connectivity index (χ4n) is 2.58. The Morgan fingerprint density at radius 1 is 1.11 bits per heavy atom. The number of benzene rings is 2. The number of ether oxygens (including phenoxy) is 2. The molecule has 28 heavy (non-hydrogen) atoms. The summed E-state index contributed by atoms with van der Waals surface area (Å²) >= 11 is 20.2. The molecule has 1 N–H and O–H groups in total. The lowest BCUT2D eigenvalue weighted by Crippen LogP contribution is -2.12. The van der Waals surface area contributed by atoms with Gasteiger partial charge in [-0.2, -0.15) is 0 Å². The van der Waals surface area contributed by atoms with E-state index in [1.807, 2.05) is 17.5 Å². The molecule has 0 fully saturated rings. The van der Waals surface area contributed by atoms with E-state index in [2.05, 4.69) is 4.74 Å². The number of aromatic hydroxyl groups is 1. The van der Waals surface area contributed by atoms with Crippen molar-refractivity contribution in [1.82, 2.24) is 0 Å². The minimum absolute atomic E-state index is 0.172. The smallest absolute Gasteiger partial charge is 0.343 e. The van der Waals surface area contributed by atoms with Gasteiger partial charge < -0.3 is 14.6 Å². The average Bonchev–Trinajstić information content (AvgIpc) is 3.10. The van der Waals surface area contributed by atoms with Crippen LogP contribution in [0, 0.1) is 0 Å². The minimum Gasteiger partial charge on any atom is -0.507 e. The van der Waals surface area contributed by atoms with Crippen LogP contribution < -0.4 is 4.74 Å². The first-order valence-corrected chi connectivity index (χ1v) is 10.1. The van der Waals surface area contributed by atoms with E-state index in [0.29, 0.717) is 32.8 Å². The molecular weight excluding hydrogens is 443 g/mol. The maximum absolute atomic E-state index is 11.2. The van der Waals surface area contributed by atoms with Crippen LogP contribution in [0.4, 0.5) is 0 Å². The van der Waals surface area contributed by atoms with Gasteiger partial charge in [0.1, 0.15) is 11.5 Å². The standard InChI is InChI=1S/C20H15Cl3O4S/c1-26-20(25)9-27-13-7-16(22)14(17(23)8-13)4-11-2-3-18(24)15(5-11)19-6-12(21)10-28-19/h2-3,5-8,10,24H,4,9H2,1H3. The third-order valence-electron chi connectivity index (χ3n) is 3.97. The van der Waals surface area contributed by atoms with Gasteiger partial charge in [-0.1, -0.05) is 40.9 Å². The third-order valence-corrected chi connectivity index (χ3v) is 5.96. The topological polar surface area (TPSA) is 55.8 Å². The van der Waals surface area contributed by atoms with Crippen LogP contribution in [-0.4, -0.2) is 24.8 Å². The molecule has 0 bridgehead atoms. The largest absolute Gasteiger partial charge is 0.507 e. The average molecular weight is 458 g/mol. The zero-order valence-corrected chi connectivity index (χ0v) is 17.8. The van der Waals surface area contributed by atoms with Crippen LogP contribution in [0.15, 0.2) is 41.8 Å². The molecule has 0 spiro atoms. The van der Waals surface area contributed by atoms with Crippen molar-refractivity contribution in [3.8, 4) is 21.9 Å². The van der Waals surface area contributed by atoms with E-state index in [4.69, 9.17) is 39.5 Å². The first-order chi connectivity index (χ1) is 13.4. The van der Waals surface area contributed by atoms with Gasteiger partial charge >= 0.3 is 5.97 Å². The number of carbonyl (C=O) groups is 1. The van der Waals surface area contributed by atoms with Crippen molar-refractivity contribution < 1.29 is 19.4 Å². The Hall–Kier alpha value is -1.92. The van der Waals surface area contributed by atoms with E-state index >= 15 is 0 Å². The predicted molar refractivity (Wildman–Crippen MR) is 113 cm³/mol. The van der Waals surface area contributed by atoms with E-state index in [1.165, 1.54) is 18.4 Å². The third kappa shape index (κ3) is 4.92. The zero-order valence-electron chi connectivity index (χ0n) is 14.7. The fraction of sp³-hybridized carbons (Fsp3) is 0.150. The number of phenolic OH excluding ortho intramolecular Hbond substituents is 1. The Labute approximate surface area is 181 Å². The lowest BCUT2D eigenvalue weighted by molar-refractivity contribution is -0.142. The SMILES string of the molecule is COC(=O)COc1cc(Cl)c(Cc2ccc(O)c(-c3cc(Cl)cs3)c2)c(Cl)c1. The lowest BCUT2D eigenvalue weighted by atomic mass is 10.0. The van der Waals surface area contributed by atoms with Gasteiger partial charge in [0.05, 0.1) is 12.1 Å². The van der Waals surface area contributed by atoms with Gasteiger partial charge in [0.15, 0.2) is 6.61 Å². The van der Waals surface area contributed by atoms with Gasteiger partial charge in [-0.05, 0) is 41.5 Å². The predicted octanol–water partition coefficient (Wildman–Crippen LogP) is 6.22. The molecule has 0 saturated heterocycles. The molecule has 0 amide bonds. The molecule has 0 unspecified atom stereocenters. The summed E-state index contributed by atoms with van der Waals surface area (Å²) in [4.78, 5) is 12.1. The number of esters is 1. The van der Waals surface area contributed by atoms with E-state index < -0.39 is 5.97 Å². The minimum atomic E-state index is -0.498. The van der Waals surface area contributed by atoms with Gasteiger partial charge in [0, 0.05) is 32.3 Å². The van der Waals surface area contributed by atoms with Crippen LogP contribution in [0.1, 0.15) is 11.1 Å². The molecule has 0 radical (unpaired) electrons. The molecule has 0 aliphatic rings. The summed E-state index contributed by atoms with van der Waals surface area (Å²) in [6.45, 7) is -0.229. The number of rotatable bonds is 6. The number of phenols is 1. The first kappa shape index (κ1) is 20.8. The molecule has 1 aromatic heterocycles. The molecule has 0 saturated carbocycles. The summed E-state index contributed by atoms with van der Waals surface area (Å²) in [6, 6.07) is 10.3. The summed E-state index contributed by atoms with van der Waals surface area (Å²) in [5, 5.41) is 13.5. The van der Waals surface area contributed by atoms with Crippen LogP contribution in [0.3, 0.4) is 0 Å². The lowest BCUT2D eigenvalue weighted by Gasteiger charge is -2.12. The Kier molecular flexibility index (Phi) is 6.73. The highest BCUT2D eigenvalue weighted by Gasteiger charge is 2.14. The van der Waals surface area contributed by atoms with E-state index in [0.717, 1.165) is 16.0 Å². The van der Waals surface area contributed by atoms with Gasteiger partial charge in [0.2, 0.25) is 0 Å². The van der Waals surface area contributed by atoms with Crippen molar-refractivity contribution in [2.24, 2.45) is 0 Å². The van der Waals surface area contributed by atoms with Gasteiger partial charge in [-0.3, -0.25) is 0 Å². The fourth-order valence-corrected chi connectivity index (χ4v) is 4.28. The Morgan fingerprint density at radius 3 is 2.43 bits per heavy atom. The molecule has 0 aliphatic heterocycles. The number of halogens is 3. The Balaban J connectivity index is 1.84. The van der Waals surface area contributed by atoms with Gasteiger partial charge in [-0.25, -0.2) is 4.79 Å². The molecule has 146 valence electrons. The zero-order chi connectivity index (χ0) is 20.3. The summed E-state index contributed by atoms with van der Waals surface area (Å²) in [5.41, 5.74) is 2.33. The summed E-state index contributed by atoms with van der Waals surface area (Å²) in [7, 11) is 1.28. The number of hydrogen-bond donors (Lipinski definition) is 1. The molecular formula is C20H15Cl3O4S. The maximum Gasteiger partial charge on any atom is 0.343 e. The second kappa shape index (κ2) is 9.05. The highest BCUT2D eigenvalue weighted by molar-refractivity contribution is 7.14. The van der Waals surface area contributed by atoms with Gasteiger partial charge in [0.25, 0.3) is 0 Å². The van der Waals surface area contributed by atoms with Crippen LogP contribution in [0.25, 0.3) is 10.4 Å². The van der Waals surface area contributed by atoms with Crippen LogP contribution in [0.2, 0.25) is 15.1 Å². The van der Waals surface area contributed by atoms with Crippen molar-refractivity contribution >= 4 is 52.1 Å². The highest BCUT2D eigenvalue weighted by Crippen LogP contribution is 2.37. The van der Waals surface area contributed by atoms with Crippen molar-refractivity contribution in [3.05, 3.63) is 68.0 Å². The summed E-state index contributed by atoms with van der Waals surface area (Å²) in [5.74, 6) is 0.0522. The number of carbonyl (C=O) groups excluding carboxylic acids is 1. The van der Waals surface area contributed by atoms with Crippen molar-refractivity contribution in [2.45, 2.75) is 6.42 Å². The molecule has 2 aromatic carbocycles. The maximum atomic E-state index is 11.2. The Bertz CT molecular complexity index is 993. The highest BCUT2D eigenvalue weighted by atomic mass is 35.5. The van der Waals surface area contributed by atoms with Crippen LogP contribution in [-0.2, 0) is 16.0 Å². The van der Waals surface area contributed by atoms with Crippen LogP contribution in [0.5, 0.6) is 11.5 Å². The Morgan fingerprint density at radius 2 is 1.82 bits per heavy atom. The monoisotopic (exact) mass is 456 g/mol. The van der Waals surface area contributed by atoms with Crippen molar-refractivity contribution in [1.29, 1.82) is 0 Å². The van der Waals surface area contributed by atoms with E-state index in [-0.39, 0.29) is 12.4 Å². The molecule has 0 aliphatic carbocycles. The summed E-state index contributed by atoms with van der Waals surface area (Å²) < 4.78 is 9.87.